The largest absolute Gasteiger partial charge is 0.479 e. The Morgan fingerprint density at radius 3 is 1.15 bits per heavy atom. The van der Waals surface area contributed by atoms with Crippen LogP contribution in [-0.2, 0) is 42.9 Å². The fourth-order valence-electron chi connectivity index (χ4n) is 10.5. The molecular formula is C69H124O12. The van der Waals surface area contributed by atoms with Gasteiger partial charge in [0.2, 0.25) is 0 Å². The third-order valence-electron chi connectivity index (χ3n) is 15.7. The first-order valence-corrected chi connectivity index (χ1v) is 34.0. The fourth-order valence-corrected chi connectivity index (χ4v) is 10.5. The number of hydrogen-bond donors (Lipinski definition) is 3. The Bertz CT molecular complexity index is 1550. The highest BCUT2D eigenvalue weighted by Crippen LogP contribution is 2.27. The molecule has 1 heterocycles. The molecule has 6 atom stereocenters. The van der Waals surface area contributed by atoms with Crippen molar-refractivity contribution in [2.45, 2.75) is 366 Å². The average molecular weight is 1150 g/mol. The van der Waals surface area contributed by atoms with Gasteiger partial charge < -0.3 is 39.0 Å². The molecule has 12 heteroatoms. The number of carbonyl (C=O) groups excluding carboxylic acids is 3. The molecule has 1 aliphatic heterocycles. The first-order chi connectivity index (χ1) is 39.6. The third-order valence-corrected chi connectivity index (χ3v) is 15.7. The summed E-state index contributed by atoms with van der Waals surface area (Å²) in [7, 11) is 0. The second-order valence-electron chi connectivity index (χ2n) is 23.5. The van der Waals surface area contributed by atoms with E-state index in [1.807, 2.05) is 0 Å². The molecule has 1 aliphatic rings. The molecule has 472 valence electrons. The van der Waals surface area contributed by atoms with E-state index < -0.39 is 67.3 Å². The van der Waals surface area contributed by atoms with Crippen molar-refractivity contribution in [2.75, 3.05) is 13.2 Å². The van der Waals surface area contributed by atoms with Crippen LogP contribution in [-0.4, -0.2) is 89.2 Å². The molecule has 0 amide bonds. The van der Waals surface area contributed by atoms with Crippen molar-refractivity contribution in [1.29, 1.82) is 0 Å². The molecule has 0 aromatic heterocycles. The van der Waals surface area contributed by atoms with Crippen LogP contribution < -0.4 is 0 Å². The van der Waals surface area contributed by atoms with Crippen LogP contribution in [0.25, 0.3) is 0 Å². The van der Waals surface area contributed by atoms with E-state index in [9.17, 15) is 34.5 Å². The molecule has 81 heavy (non-hydrogen) atoms. The van der Waals surface area contributed by atoms with Gasteiger partial charge in [-0.2, -0.15) is 0 Å². The molecule has 0 aromatic carbocycles. The molecule has 0 spiro atoms. The second-order valence-corrected chi connectivity index (χ2v) is 23.5. The molecule has 3 N–H and O–H groups in total. The lowest BCUT2D eigenvalue weighted by Gasteiger charge is -2.40. The molecule has 6 unspecified atom stereocenters. The third kappa shape index (κ3) is 46.9. The number of unbranched alkanes of at least 4 members (excludes halogenated alkanes) is 39. The lowest BCUT2D eigenvalue weighted by atomic mass is 9.98. The Labute approximate surface area is 495 Å². The summed E-state index contributed by atoms with van der Waals surface area (Å²) in [6.07, 6.45) is 56.7. The van der Waals surface area contributed by atoms with Crippen molar-refractivity contribution in [3.05, 3.63) is 36.5 Å². The number of carboxylic acids is 1. The Morgan fingerprint density at radius 1 is 0.407 bits per heavy atom. The predicted octanol–water partition coefficient (Wildman–Crippen LogP) is 18.4. The zero-order valence-corrected chi connectivity index (χ0v) is 52.3. The molecule has 1 fully saturated rings. The highest BCUT2D eigenvalue weighted by molar-refractivity contribution is 5.74. The molecule has 1 rings (SSSR count). The van der Waals surface area contributed by atoms with Crippen molar-refractivity contribution >= 4 is 23.9 Å². The summed E-state index contributed by atoms with van der Waals surface area (Å²) in [5.41, 5.74) is 0. The molecule has 0 aliphatic carbocycles. The number of rotatable bonds is 59. The molecule has 12 nitrogen and oxygen atoms in total. The summed E-state index contributed by atoms with van der Waals surface area (Å²) in [6.45, 7) is 6.01. The van der Waals surface area contributed by atoms with Gasteiger partial charge in [-0.25, -0.2) is 4.79 Å². The number of esters is 3. The number of aliphatic hydroxyl groups is 2. The SMILES string of the molecule is CCCCC/C=C\C/C=C\CCCCCCCCCCCC(=O)OCC(COC1OC(C(=O)O)C(O)C(O)C1OC(=O)CCCCCCCCCCCCCCCCCCC)OC(=O)CCCCCCC/C=C\CCCCCCCC. The summed E-state index contributed by atoms with van der Waals surface area (Å²) in [5, 5.41) is 31.6. The number of ether oxygens (including phenoxy) is 5. The number of allylic oxidation sites excluding steroid dienone is 6. The second kappa shape index (κ2) is 57.4. The smallest absolute Gasteiger partial charge is 0.335 e. The summed E-state index contributed by atoms with van der Waals surface area (Å²) < 4.78 is 28.6. The average Bonchev–Trinajstić information content (AvgIpc) is 3.53. The highest BCUT2D eigenvalue weighted by Gasteiger charge is 2.50. The standard InChI is InChI=1S/C69H124O12/c1-4-7-10-13-16-19-22-25-28-30-31-33-35-37-40-43-46-49-52-55-61(70)77-58-60(79-62(71)56-53-50-47-44-41-38-34-27-24-21-18-15-12-9-6-3)59-78-69-67(65(74)64(73)66(81-69)68(75)76)80-63(72)57-54-51-48-45-42-39-36-32-29-26-23-20-17-14-11-8-5-2/h16,19,25,27-28,34,60,64-67,69,73-74H,4-15,17-18,20-24,26,29-33,35-59H2,1-3H3,(H,75,76)/b19-16-,28-25-,34-27-. The van der Waals surface area contributed by atoms with Crippen LogP contribution in [0, 0.1) is 0 Å². The minimum atomic E-state index is -1.90. The van der Waals surface area contributed by atoms with Gasteiger partial charge in [-0.1, -0.05) is 269 Å². The quantitative estimate of drug-likeness (QED) is 0.0228. The summed E-state index contributed by atoms with van der Waals surface area (Å²) in [4.78, 5) is 51.4. The van der Waals surface area contributed by atoms with Crippen LogP contribution in [0.4, 0.5) is 0 Å². The molecule has 1 saturated heterocycles. The van der Waals surface area contributed by atoms with Crippen LogP contribution in [0.3, 0.4) is 0 Å². The van der Waals surface area contributed by atoms with E-state index in [0.717, 1.165) is 89.9 Å². The van der Waals surface area contributed by atoms with Crippen LogP contribution in [0.15, 0.2) is 36.5 Å². The van der Waals surface area contributed by atoms with Gasteiger partial charge in [0.25, 0.3) is 0 Å². The lowest BCUT2D eigenvalue weighted by molar-refractivity contribution is -0.301. The first-order valence-electron chi connectivity index (χ1n) is 34.0. The van der Waals surface area contributed by atoms with Crippen LogP contribution in [0.5, 0.6) is 0 Å². The number of hydrogen-bond acceptors (Lipinski definition) is 11. The molecule has 0 radical (unpaired) electrons. The highest BCUT2D eigenvalue weighted by atomic mass is 16.7. The number of aliphatic hydroxyl groups excluding tert-OH is 2. The van der Waals surface area contributed by atoms with Crippen LogP contribution in [0.1, 0.15) is 329 Å². The Balaban J connectivity index is 2.63. The maximum atomic E-state index is 13.2. The molecule has 0 aromatic rings. The molecular weight excluding hydrogens is 1020 g/mol. The minimum absolute atomic E-state index is 0.0653. The van der Waals surface area contributed by atoms with E-state index >= 15 is 0 Å². The summed E-state index contributed by atoms with van der Waals surface area (Å²) in [5.74, 6) is -3.10. The normalized spacial score (nSPS) is 17.9. The van der Waals surface area contributed by atoms with E-state index in [1.54, 1.807) is 0 Å². The minimum Gasteiger partial charge on any atom is -0.479 e. The van der Waals surface area contributed by atoms with E-state index in [1.165, 1.54) is 180 Å². The Hall–Kier alpha value is -3.06. The zero-order valence-electron chi connectivity index (χ0n) is 52.3. The maximum Gasteiger partial charge on any atom is 0.335 e. The van der Waals surface area contributed by atoms with E-state index in [4.69, 9.17) is 23.7 Å². The van der Waals surface area contributed by atoms with Crippen molar-refractivity contribution < 1.29 is 58.2 Å². The first kappa shape index (κ1) is 76.0. The topological polar surface area (TPSA) is 175 Å². The van der Waals surface area contributed by atoms with Gasteiger partial charge in [0.05, 0.1) is 6.61 Å². The van der Waals surface area contributed by atoms with Crippen molar-refractivity contribution in [2.24, 2.45) is 0 Å². The number of aliphatic carboxylic acids is 1. The fraction of sp³-hybridized carbons (Fsp3) is 0.855. The van der Waals surface area contributed by atoms with Gasteiger partial charge in [-0.3, -0.25) is 14.4 Å². The Kier molecular flexibility index (Phi) is 53.8. The zero-order chi connectivity index (χ0) is 58.9. The number of carboxylic acid groups (broad SMARTS) is 1. The van der Waals surface area contributed by atoms with Gasteiger partial charge in [-0.15, -0.1) is 0 Å². The van der Waals surface area contributed by atoms with Crippen molar-refractivity contribution in [1.82, 2.24) is 0 Å². The molecule has 0 bridgehead atoms. The Morgan fingerprint density at radius 2 is 0.741 bits per heavy atom. The van der Waals surface area contributed by atoms with Gasteiger partial charge in [0.1, 0.15) is 18.8 Å². The number of carbonyl (C=O) groups is 4. The predicted molar refractivity (Wildman–Crippen MR) is 331 cm³/mol. The van der Waals surface area contributed by atoms with Gasteiger partial charge in [0, 0.05) is 19.3 Å². The van der Waals surface area contributed by atoms with Crippen molar-refractivity contribution in [3.8, 4) is 0 Å². The summed E-state index contributed by atoms with van der Waals surface area (Å²) >= 11 is 0. The van der Waals surface area contributed by atoms with Crippen LogP contribution in [0.2, 0.25) is 0 Å². The maximum absolute atomic E-state index is 13.2. The summed E-state index contributed by atoms with van der Waals surface area (Å²) in [6, 6.07) is 0. The van der Waals surface area contributed by atoms with Gasteiger partial charge in [-0.05, 0) is 77.0 Å². The van der Waals surface area contributed by atoms with Crippen LogP contribution >= 0.6 is 0 Å². The van der Waals surface area contributed by atoms with Gasteiger partial charge >= 0.3 is 23.9 Å². The molecule has 0 saturated carbocycles. The van der Waals surface area contributed by atoms with E-state index in [2.05, 4.69) is 57.2 Å². The van der Waals surface area contributed by atoms with E-state index in [0.29, 0.717) is 19.3 Å². The van der Waals surface area contributed by atoms with Gasteiger partial charge in [0.15, 0.2) is 24.6 Å². The monoisotopic (exact) mass is 1140 g/mol. The lowest BCUT2D eigenvalue weighted by Crippen LogP contribution is -2.61. The van der Waals surface area contributed by atoms with Crippen molar-refractivity contribution in [3.63, 3.8) is 0 Å². The van der Waals surface area contributed by atoms with E-state index in [-0.39, 0.29) is 25.9 Å².